The van der Waals surface area contributed by atoms with Crippen LogP contribution in [0.3, 0.4) is 0 Å². The molecule has 0 aliphatic carbocycles. The summed E-state index contributed by atoms with van der Waals surface area (Å²) in [4.78, 5) is 30.7. The number of aromatic nitrogens is 3. The Morgan fingerprint density at radius 3 is 2.50 bits per heavy atom. The van der Waals surface area contributed by atoms with Gasteiger partial charge in [0.05, 0.1) is 28.9 Å². The van der Waals surface area contributed by atoms with Gasteiger partial charge in [-0.25, -0.2) is 9.07 Å². The molecule has 0 atom stereocenters. The van der Waals surface area contributed by atoms with Crippen molar-refractivity contribution in [2.75, 3.05) is 62.4 Å². The number of piperazine rings is 1. The van der Waals surface area contributed by atoms with Gasteiger partial charge in [-0.3, -0.25) is 9.59 Å². The topological polar surface area (TPSA) is 131 Å². The van der Waals surface area contributed by atoms with E-state index >= 15 is 0 Å². The van der Waals surface area contributed by atoms with Crippen molar-refractivity contribution in [3.8, 4) is 5.69 Å². The van der Waals surface area contributed by atoms with Crippen molar-refractivity contribution in [3.63, 3.8) is 0 Å². The minimum Gasteiger partial charge on any atom is -0.396 e. The zero-order chi connectivity index (χ0) is 28.4. The molecule has 3 aromatic rings. The maximum atomic E-state index is 14.3. The van der Waals surface area contributed by atoms with Crippen LogP contribution in [-0.4, -0.2) is 84.2 Å². The van der Waals surface area contributed by atoms with E-state index in [9.17, 15) is 14.0 Å². The Balaban J connectivity index is 1.43. The lowest BCUT2D eigenvalue weighted by atomic mass is 10.0. The van der Waals surface area contributed by atoms with Gasteiger partial charge in [-0.2, -0.15) is 0 Å². The number of nitrogens with zero attached hydrogens (tertiary/aromatic N) is 5. The molecule has 4 N–H and O–H groups in total. The van der Waals surface area contributed by atoms with Crippen LogP contribution in [0.1, 0.15) is 44.8 Å². The largest absolute Gasteiger partial charge is 0.396 e. The van der Waals surface area contributed by atoms with E-state index < -0.39 is 11.7 Å². The number of rotatable bonds is 6. The van der Waals surface area contributed by atoms with E-state index in [4.69, 9.17) is 10.5 Å². The Bertz CT molecular complexity index is 1410. The molecule has 0 bridgehead atoms. The molecule has 0 saturated carbocycles. The highest BCUT2D eigenvalue weighted by atomic mass is 19.1. The molecular formula is C28H35FN8O3. The number of halogens is 1. The van der Waals surface area contributed by atoms with Gasteiger partial charge in [0.25, 0.3) is 11.8 Å². The molecule has 212 valence electrons. The molecule has 2 fully saturated rings. The van der Waals surface area contributed by atoms with Gasteiger partial charge >= 0.3 is 0 Å². The Hall–Kier alpha value is -4.03. The van der Waals surface area contributed by atoms with E-state index in [0.717, 1.165) is 44.7 Å². The van der Waals surface area contributed by atoms with Gasteiger partial charge in [-0.05, 0) is 69.1 Å². The minimum atomic E-state index is -0.517. The number of hydrogen-bond acceptors (Lipinski definition) is 8. The molecule has 0 radical (unpaired) electrons. The molecule has 2 aliphatic heterocycles. The van der Waals surface area contributed by atoms with Gasteiger partial charge in [0.15, 0.2) is 5.69 Å². The summed E-state index contributed by atoms with van der Waals surface area (Å²) in [6.45, 7) is 7.90. The van der Waals surface area contributed by atoms with Crippen LogP contribution < -0.4 is 21.3 Å². The summed E-state index contributed by atoms with van der Waals surface area (Å²) in [6.07, 6.45) is 3.09. The lowest BCUT2D eigenvalue weighted by Crippen LogP contribution is -2.44. The predicted molar refractivity (Wildman–Crippen MR) is 151 cm³/mol. The minimum absolute atomic E-state index is 0.0451. The van der Waals surface area contributed by atoms with Gasteiger partial charge in [0.2, 0.25) is 0 Å². The van der Waals surface area contributed by atoms with Gasteiger partial charge in [-0.15, -0.1) is 5.10 Å². The van der Waals surface area contributed by atoms with Gasteiger partial charge in [0.1, 0.15) is 5.82 Å². The number of carbonyl (C=O) groups excluding carboxylic acids is 2. The first-order chi connectivity index (χ1) is 19.2. The molecule has 2 saturated heterocycles. The normalized spacial score (nSPS) is 16.6. The van der Waals surface area contributed by atoms with E-state index in [2.05, 4.69) is 37.8 Å². The smallest absolute Gasteiger partial charge is 0.273 e. The van der Waals surface area contributed by atoms with Crippen molar-refractivity contribution >= 4 is 28.9 Å². The van der Waals surface area contributed by atoms with E-state index in [-0.39, 0.29) is 23.3 Å². The average Bonchev–Trinajstić information content (AvgIpc) is 3.46. The quantitative estimate of drug-likeness (QED) is 0.399. The van der Waals surface area contributed by atoms with Crippen molar-refractivity contribution in [2.45, 2.75) is 32.7 Å². The molecule has 5 rings (SSSR count). The summed E-state index contributed by atoms with van der Waals surface area (Å²) in [6, 6.07) is 7.02. The summed E-state index contributed by atoms with van der Waals surface area (Å²) in [5.74, 6) is -1.20. The van der Waals surface area contributed by atoms with Crippen molar-refractivity contribution in [2.24, 2.45) is 0 Å². The maximum absolute atomic E-state index is 14.3. The second-order valence-corrected chi connectivity index (χ2v) is 10.4. The van der Waals surface area contributed by atoms with Crippen molar-refractivity contribution in [3.05, 3.63) is 58.7 Å². The Labute approximate surface area is 232 Å². The standard InChI is InChI=1S/C28H35FN8O3/c1-17-18(2)26(29)22(30)15-21(17)27(38)32-23-14-20(4-5-25(23)36-10-8-35(3)9-11-36)37-16-24(33-34-37)28(39)31-19-6-12-40-13-7-19/h4-5,14-16,19H,6-13,30H2,1-3H3,(H,31,39)(H,32,38). The Morgan fingerprint density at radius 2 is 1.77 bits per heavy atom. The fourth-order valence-corrected chi connectivity index (χ4v) is 5.02. The number of hydrogen-bond donors (Lipinski definition) is 3. The number of likely N-dealkylation sites (N-methyl/N-ethyl adjacent to an activating group) is 1. The van der Waals surface area contributed by atoms with Crippen LogP contribution in [0.25, 0.3) is 5.69 Å². The molecular weight excluding hydrogens is 515 g/mol. The number of amides is 2. The molecule has 11 nitrogen and oxygen atoms in total. The molecule has 0 unspecified atom stereocenters. The van der Waals surface area contributed by atoms with Crippen LogP contribution in [0.4, 0.5) is 21.5 Å². The molecule has 3 heterocycles. The van der Waals surface area contributed by atoms with Crippen molar-refractivity contribution in [1.82, 2.24) is 25.2 Å². The van der Waals surface area contributed by atoms with Crippen molar-refractivity contribution in [1.29, 1.82) is 0 Å². The van der Waals surface area contributed by atoms with Crippen molar-refractivity contribution < 1.29 is 18.7 Å². The highest BCUT2D eigenvalue weighted by Gasteiger charge is 2.23. The van der Waals surface area contributed by atoms with Gasteiger partial charge < -0.3 is 30.9 Å². The van der Waals surface area contributed by atoms with Crippen LogP contribution in [0, 0.1) is 19.7 Å². The van der Waals surface area contributed by atoms with Crippen LogP contribution in [0.15, 0.2) is 30.5 Å². The molecule has 0 spiro atoms. The SMILES string of the molecule is Cc1c(C(=O)Nc2cc(-n3cc(C(=O)NC4CCOCC4)nn3)ccc2N2CCN(C)CC2)cc(N)c(F)c1C. The lowest BCUT2D eigenvalue weighted by molar-refractivity contribution is 0.0694. The lowest BCUT2D eigenvalue weighted by Gasteiger charge is -2.35. The predicted octanol–water partition coefficient (Wildman–Crippen LogP) is 2.52. The first-order valence-corrected chi connectivity index (χ1v) is 13.5. The number of carbonyl (C=O) groups is 2. The third-order valence-electron chi connectivity index (χ3n) is 7.71. The summed E-state index contributed by atoms with van der Waals surface area (Å²) >= 11 is 0. The second-order valence-electron chi connectivity index (χ2n) is 10.4. The molecule has 40 heavy (non-hydrogen) atoms. The summed E-state index contributed by atoms with van der Waals surface area (Å²) in [7, 11) is 2.08. The summed E-state index contributed by atoms with van der Waals surface area (Å²) < 4.78 is 21.2. The number of nitrogen functional groups attached to an aromatic ring is 1. The van der Waals surface area contributed by atoms with Crippen LogP contribution in [0.2, 0.25) is 0 Å². The monoisotopic (exact) mass is 550 g/mol. The summed E-state index contributed by atoms with van der Waals surface area (Å²) in [5.41, 5.74) is 9.18. The van der Waals surface area contributed by atoms with Gasteiger partial charge in [0, 0.05) is 51.0 Å². The third kappa shape index (κ3) is 5.77. The summed E-state index contributed by atoms with van der Waals surface area (Å²) in [5, 5.41) is 14.3. The number of benzene rings is 2. The Morgan fingerprint density at radius 1 is 1.05 bits per heavy atom. The number of anilines is 3. The van der Waals surface area contributed by atoms with Crippen LogP contribution in [-0.2, 0) is 4.74 Å². The fraction of sp³-hybridized carbons (Fsp3) is 0.429. The van der Waals surface area contributed by atoms with E-state index in [1.807, 2.05) is 12.1 Å². The first-order valence-electron chi connectivity index (χ1n) is 13.5. The average molecular weight is 551 g/mol. The number of ether oxygens (including phenoxy) is 1. The molecule has 2 amide bonds. The van der Waals surface area contributed by atoms with E-state index in [1.54, 1.807) is 26.1 Å². The van der Waals surface area contributed by atoms with E-state index in [0.29, 0.717) is 41.3 Å². The number of nitrogens with two attached hydrogens (primary N) is 1. The maximum Gasteiger partial charge on any atom is 0.273 e. The number of nitrogens with one attached hydrogen (secondary N) is 2. The Kier molecular flexibility index (Phi) is 7.99. The molecule has 1 aromatic heterocycles. The van der Waals surface area contributed by atoms with Crippen LogP contribution in [0.5, 0.6) is 0 Å². The zero-order valence-corrected chi connectivity index (χ0v) is 23.0. The highest BCUT2D eigenvalue weighted by molar-refractivity contribution is 6.07. The fourth-order valence-electron chi connectivity index (χ4n) is 5.02. The van der Waals surface area contributed by atoms with E-state index in [1.165, 1.54) is 10.7 Å². The molecule has 2 aliphatic rings. The third-order valence-corrected chi connectivity index (χ3v) is 7.71. The highest BCUT2D eigenvalue weighted by Crippen LogP contribution is 2.31. The second kappa shape index (κ2) is 11.6. The molecule has 2 aromatic carbocycles. The first kappa shape index (κ1) is 27.5. The molecule has 12 heteroatoms. The van der Waals surface area contributed by atoms with Gasteiger partial charge in [-0.1, -0.05) is 5.21 Å². The zero-order valence-electron chi connectivity index (χ0n) is 23.0. The van der Waals surface area contributed by atoms with Crippen LogP contribution >= 0.6 is 0 Å².